The number of nitrogens with zero attached hydrogens (tertiary/aromatic N) is 2. The Morgan fingerprint density at radius 1 is 1.25 bits per heavy atom. The van der Waals surface area contributed by atoms with Crippen molar-refractivity contribution < 1.29 is 0 Å². The van der Waals surface area contributed by atoms with Crippen LogP contribution in [-0.4, -0.2) is 9.97 Å². The predicted octanol–water partition coefficient (Wildman–Crippen LogP) is 4.54. The second-order valence-electron chi connectivity index (χ2n) is 2.85. The van der Waals surface area contributed by atoms with Gasteiger partial charge >= 0.3 is 0 Å². The van der Waals surface area contributed by atoms with E-state index in [1.807, 2.05) is 6.07 Å². The van der Waals surface area contributed by atoms with E-state index in [2.05, 4.69) is 32.6 Å². The topological polar surface area (TPSA) is 25.8 Å². The van der Waals surface area contributed by atoms with Crippen molar-refractivity contribution in [3.05, 3.63) is 44.3 Å². The van der Waals surface area contributed by atoms with E-state index >= 15 is 0 Å². The third-order valence-corrected chi connectivity index (χ3v) is 4.64. The highest BCUT2D eigenvalue weighted by molar-refractivity contribution is 14.1. The molecule has 16 heavy (non-hydrogen) atoms. The first kappa shape index (κ1) is 12.4. The lowest BCUT2D eigenvalue weighted by atomic mass is 10.4. The zero-order valence-electron chi connectivity index (χ0n) is 7.82. The van der Waals surface area contributed by atoms with Gasteiger partial charge < -0.3 is 0 Å². The Hall–Kier alpha value is -0.0400. The Morgan fingerprint density at radius 2 is 2.06 bits per heavy atom. The number of hydrogen-bond donors (Lipinski definition) is 0. The smallest absolute Gasteiger partial charge is 0.118 e. The van der Waals surface area contributed by atoms with Crippen molar-refractivity contribution in [3.8, 4) is 0 Å². The summed E-state index contributed by atoms with van der Waals surface area (Å²) in [5, 5.41) is 2.21. The summed E-state index contributed by atoms with van der Waals surface area (Å²) in [6.07, 6.45) is 3.28. The number of benzene rings is 1. The van der Waals surface area contributed by atoms with Gasteiger partial charge in [0, 0.05) is 16.1 Å². The van der Waals surface area contributed by atoms with Gasteiger partial charge in [0.25, 0.3) is 0 Å². The van der Waals surface area contributed by atoms with Crippen LogP contribution in [0.2, 0.25) is 10.0 Å². The average molecular weight is 383 g/mol. The van der Waals surface area contributed by atoms with Crippen molar-refractivity contribution in [1.82, 2.24) is 9.97 Å². The van der Waals surface area contributed by atoms with E-state index in [1.165, 1.54) is 18.1 Å². The minimum Gasteiger partial charge on any atom is -0.244 e. The predicted molar refractivity (Wildman–Crippen MR) is 75.3 cm³/mol. The first-order chi connectivity index (χ1) is 7.66. The van der Waals surface area contributed by atoms with E-state index in [9.17, 15) is 0 Å². The van der Waals surface area contributed by atoms with E-state index < -0.39 is 0 Å². The molecule has 1 aromatic carbocycles. The van der Waals surface area contributed by atoms with Crippen molar-refractivity contribution in [2.75, 3.05) is 0 Å². The molecule has 1 aromatic heterocycles. The zero-order chi connectivity index (χ0) is 11.5. The Labute approximate surface area is 121 Å². The third-order valence-electron chi connectivity index (χ3n) is 1.73. The molecule has 2 rings (SSSR count). The number of halogens is 3. The van der Waals surface area contributed by atoms with Crippen molar-refractivity contribution in [2.24, 2.45) is 0 Å². The van der Waals surface area contributed by atoms with Crippen LogP contribution in [0.1, 0.15) is 0 Å². The van der Waals surface area contributed by atoms with Crippen LogP contribution in [0.5, 0.6) is 0 Å². The molecule has 0 aliphatic carbocycles. The maximum absolute atomic E-state index is 6.07. The largest absolute Gasteiger partial charge is 0.244 e. The summed E-state index contributed by atoms with van der Waals surface area (Å²) < 4.78 is 0.987. The molecule has 0 radical (unpaired) electrons. The average Bonchev–Trinajstić information content (AvgIpc) is 2.27. The van der Waals surface area contributed by atoms with Crippen LogP contribution in [0, 0.1) is 3.57 Å². The molecule has 6 heteroatoms. The number of rotatable bonds is 2. The Balaban J connectivity index is 2.34. The van der Waals surface area contributed by atoms with Gasteiger partial charge in [0.1, 0.15) is 11.4 Å². The summed E-state index contributed by atoms with van der Waals surface area (Å²) >= 11 is 15.7. The van der Waals surface area contributed by atoms with Crippen LogP contribution >= 0.6 is 57.6 Å². The molecule has 82 valence electrons. The van der Waals surface area contributed by atoms with Crippen LogP contribution in [0.3, 0.4) is 0 Å². The van der Waals surface area contributed by atoms with Crippen molar-refractivity contribution in [2.45, 2.75) is 9.92 Å². The summed E-state index contributed by atoms with van der Waals surface area (Å²) in [6, 6.07) is 5.37. The highest BCUT2D eigenvalue weighted by Crippen LogP contribution is 2.35. The molecule has 0 unspecified atom stereocenters. The van der Waals surface area contributed by atoms with Crippen LogP contribution in [0.4, 0.5) is 0 Å². The summed E-state index contributed by atoms with van der Waals surface area (Å²) in [4.78, 5) is 9.02. The highest BCUT2D eigenvalue weighted by atomic mass is 127. The van der Waals surface area contributed by atoms with Gasteiger partial charge in [-0.15, -0.1) is 0 Å². The number of aromatic nitrogens is 2. The fourth-order valence-electron chi connectivity index (χ4n) is 1.04. The van der Waals surface area contributed by atoms with E-state index in [-0.39, 0.29) is 0 Å². The lowest BCUT2D eigenvalue weighted by Gasteiger charge is -2.04. The third kappa shape index (κ3) is 3.00. The molecule has 0 spiro atoms. The summed E-state index contributed by atoms with van der Waals surface area (Å²) in [5.41, 5.74) is 0. The van der Waals surface area contributed by atoms with Crippen LogP contribution in [-0.2, 0) is 0 Å². The maximum Gasteiger partial charge on any atom is 0.118 e. The molecular formula is C10H5Cl2IN2S. The zero-order valence-corrected chi connectivity index (χ0v) is 12.3. The molecular weight excluding hydrogens is 378 g/mol. The van der Waals surface area contributed by atoms with Crippen LogP contribution in [0.25, 0.3) is 0 Å². The molecule has 2 aromatic rings. The fraction of sp³-hybridized carbons (Fsp3) is 0. The fourth-order valence-corrected chi connectivity index (χ4v) is 2.95. The van der Waals surface area contributed by atoms with E-state index in [0.29, 0.717) is 10.0 Å². The molecule has 0 amide bonds. The standard InChI is InChI=1S/C10H5Cl2IN2S/c11-6-1-2-7(12)9(3-6)16-10-8(13)4-14-5-15-10/h1-5H. The molecule has 0 saturated carbocycles. The minimum atomic E-state index is 0.663. The number of hydrogen-bond acceptors (Lipinski definition) is 3. The second-order valence-corrected chi connectivity index (χ2v) is 5.89. The summed E-state index contributed by atoms with van der Waals surface area (Å²) in [6.45, 7) is 0. The van der Waals surface area contributed by atoms with Gasteiger partial charge in [-0.3, -0.25) is 0 Å². The van der Waals surface area contributed by atoms with Gasteiger partial charge in [0.15, 0.2) is 0 Å². The maximum atomic E-state index is 6.07. The molecule has 0 atom stereocenters. The Morgan fingerprint density at radius 3 is 2.81 bits per heavy atom. The van der Waals surface area contributed by atoms with E-state index in [1.54, 1.807) is 18.3 Å². The molecule has 0 bridgehead atoms. The van der Waals surface area contributed by atoms with Gasteiger partial charge in [0.2, 0.25) is 0 Å². The highest BCUT2D eigenvalue weighted by Gasteiger charge is 2.07. The summed E-state index contributed by atoms with van der Waals surface area (Å²) in [7, 11) is 0. The minimum absolute atomic E-state index is 0.663. The molecule has 1 heterocycles. The van der Waals surface area contributed by atoms with Crippen LogP contribution in [0.15, 0.2) is 40.6 Å². The lowest BCUT2D eigenvalue weighted by Crippen LogP contribution is -1.86. The molecule has 0 fully saturated rings. The molecule has 0 saturated heterocycles. The van der Waals surface area contributed by atoms with Crippen molar-refractivity contribution in [3.63, 3.8) is 0 Å². The molecule has 2 nitrogen and oxygen atoms in total. The molecule has 0 aliphatic heterocycles. The van der Waals surface area contributed by atoms with Gasteiger partial charge in [-0.05, 0) is 40.8 Å². The van der Waals surface area contributed by atoms with E-state index in [4.69, 9.17) is 23.2 Å². The summed E-state index contributed by atoms with van der Waals surface area (Å²) in [5.74, 6) is 0. The monoisotopic (exact) mass is 382 g/mol. The van der Waals surface area contributed by atoms with Crippen LogP contribution < -0.4 is 0 Å². The first-order valence-corrected chi connectivity index (χ1v) is 6.90. The Kier molecular flexibility index (Phi) is 4.29. The van der Waals surface area contributed by atoms with Gasteiger partial charge in [0.05, 0.1) is 8.59 Å². The van der Waals surface area contributed by atoms with Crippen molar-refractivity contribution >= 4 is 57.6 Å². The van der Waals surface area contributed by atoms with Crippen molar-refractivity contribution in [1.29, 1.82) is 0 Å². The lowest BCUT2D eigenvalue weighted by molar-refractivity contribution is 1.02. The normalized spacial score (nSPS) is 10.4. The van der Waals surface area contributed by atoms with E-state index in [0.717, 1.165) is 13.5 Å². The first-order valence-electron chi connectivity index (χ1n) is 4.25. The molecule has 0 aliphatic rings. The second kappa shape index (κ2) is 5.53. The molecule has 0 N–H and O–H groups in total. The van der Waals surface area contributed by atoms with Gasteiger partial charge in [-0.25, -0.2) is 9.97 Å². The SMILES string of the molecule is Clc1ccc(Cl)c(Sc2ncncc2I)c1. The Bertz CT molecular complexity index is 522. The quantitative estimate of drug-likeness (QED) is 0.563. The van der Waals surface area contributed by atoms with Gasteiger partial charge in [-0.1, -0.05) is 35.0 Å². The van der Waals surface area contributed by atoms with Gasteiger partial charge in [-0.2, -0.15) is 0 Å².